The summed E-state index contributed by atoms with van der Waals surface area (Å²) in [7, 11) is 0. The van der Waals surface area contributed by atoms with Crippen molar-refractivity contribution >= 4 is 28.9 Å². The molecule has 3 rings (SSSR count). The SMILES string of the molecule is Cc1cc(Cl)c(NC2CCC3(CCCC3)CC2)cc1Cl. The summed E-state index contributed by atoms with van der Waals surface area (Å²) in [5, 5.41) is 5.18. The van der Waals surface area contributed by atoms with Gasteiger partial charge in [0.05, 0.1) is 10.7 Å². The predicted molar refractivity (Wildman–Crippen MR) is 88.0 cm³/mol. The molecule has 1 aromatic rings. The molecule has 0 amide bonds. The van der Waals surface area contributed by atoms with E-state index < -0.39 is 0 Å². The number of benzene rings is 1. The van der Waals surface area contributed by atoms with Gasteiger partial charge in [0.1, 0.15) is 0 Å². The summed E-state index contributed by atoms with van der Waals surface area (Å²) >= 11 is 12.5. The fourth-order valence-electron chi connectivity index (χ4n) is 3.98. The lowest BCUT2D eigenvalue weighted by atomic mass is 9.71. The molecular weight excluding hydrogens is 289 g/mol. The van der Waals surface area contributed by atoms with Crippen LogP contribution in [0, 0.1) is 12.3 Å². The van der Waals surface area contributed by atoms with E-state index >= 15 is 0 Å². The Morgan fingerprint density at radius 3 is 2.30 bits per heavy atom. The van der Waals surface area contributed by atoms with E-state index in [-0.39, 0.29) is 0 Å². The van der Waals surface area contributed by atoms with Crippen molar-refractivity contribution in [2.75, 3.05) is 5.32 Å². The third-order valence-electron chi connectivity index (χ3n) is 5.32. The first-order chi connectivity index (χ1) is 9.58. The molecule has 2 fully saturated rings. The lowest BCUT2D eigenvalue weighted by Crippen LogP contribution is -2.31. The van der Waals surface area contributed by atoms with Crippen molar-refractivity contribution in [3.63, 3.8) is 0 Å². The molecule has 3 heteroatoms. The molecule has 0 unspecified atom stereocenters. The number of hydrogen-bond donors (Lipinski definition) is 1. The van der Waals surface area contributed by atoms with E-state index in [2.05, 4.69) is 5.32 Å². The quantitative estimate of drug-likeness (QED) is 0.684. The summed E-state index contributed by atoms with van der Waals surface area (Å²) in [5.74, 6) is 0. The fourth-order valence-corrected chi connectivity index (χ4v) is 4.41. The largest absolute Gasteiger partial charge is 0.381 e. The van der Waals surface area contributed by atoms with Crippen molar-refractivity contribution in [3.8, 4) is 0 Å². The Hall–Kier alpha value is -0.400. The zero-order chi connectivity index (χ0) is 14.2. The van der Waals surface area contributed by atoms with E-state index in [1.807, 2.05) is 19.1 Å². The molecule has 0 aliphatic heterocycles. The molecule has 1 N–H and O–H groups in total. The van der Waals surface area contributed by atoms with Crippen LogP contribution in [0.25, 0.3) is 0 Å². The fraction of sp³-hybridized carbons (Fsp3) is 0.647. The van der Waals surface area contributed by atoms with Gasteiger partial charge < -0.3 is 5.32 Å². The summed E-state index contributed by atoms with van der Waals surface area (Å²) in [5.41, 5.74) is 2.72. The highest BCUT2D eigenvalue weighted by Crippen LogP contribution is 2.49. The summed E-state index contributed by atoms with van der Waals surface area (Å²) in [6.45, 7) is 1.99. The lowest BCUT2D eigenvalue weighted by molar-refractivity contribution is 0.188. The van der Waals surface area contributed by atoms with E-state index in [4.69, 9.17) is 23.2 Å². The van der Waals surface area contributed by atoms with Crippen molar-refractivity contribution in [2.45, 2.75) is 64.3 Å². The van der Waals surface area contributed by atoms with Crippen LogP contribution in [0.3, 0.4) is 0 Å². The predicted octanol–water partition coefficient (Wildman–Crippen LogP) is 6.22. The Morgan fingerprint density at radius 2 is 1.65 bits per heavy atom. The molecule has 20 heavy (non-hydrogen) atoms. The third kappa shape index (κ3) is 2.94. The Labute approximate surface area is 132 Å². The molecule has 2 saturated carbocycles. The maximum absolute atomic E-state index is 6.32. The van der Waals surface area contributed by atoms with Gasteiger partial charge in [-0.2, -0.15) is 0 Å². The second-order valence-electron chi connectivity index (χ2n) is 6.71. The Balaban J connectivity index is 1.63. The van der Waals surface area contributed by atoms with Gasteiger partial charge in [0, 0.05) is 11.1 Å². The monoisotopic (exact) mass is 311 g/mol. The summed E-state index contributed by atoms with van der Waals surface area (Å²) in [6, 6.07) is 4.48. The minimum Gasteiger partial charge on any atom is -0.381 e. The smallest absolute Gasteiger partial charge is 0.0641 e. The van der Waals surface area contributed by atoms with Gasteiger partial charge in [-0.15, -0.1) is 0 Å². The topological polar surface area (TPSA) is 12.0 Å². The molecule has 1 nitrogen and oxygen atoms in total. The van der Waals surface area contributed by atoms with Gasteiger partial charge in [-0.05, 0) is 68.6 Å². The van der Waals surface area contributed by atoms with Crippen LogP contribution in [0.1, 0.15) is 56.9 Å². The molecule has 0 aromatic heterocycles. The van der Waals surface area contributed by atoms with Crippen LogP contribution in [-0.2, 0) is 0 Å². The van der Waals surface area contributed by atoms with Gasteiger partial charge in [0.15, 0.2) is 0 Å². The zero-order valence-corrected chi connectivity index (χ0v) is 13.7. The molecule has 0 heterocycles. The summed E-state index contributed by atoms with van der Waals surface area (Å²) in [4.78, 5) is 0. The highest BCUT2D eigenvalue weighted by Gasteiger charge is 2.37. The van der Waals surface area contributed by atoms with E-state index in [0.29, 0.717) is 11.5 Å². The van der Waals surface area contributed by atoms with Crippen molar-refractivity contribution in [3.05, 3.63) is 27.7 Å². The number of anilines is 1. The second kappa shape index (κ2) is 5.77. The number of halogens is 2. The van der Waals surface area contributed by atoms with Gasteiger partial charge in [-0.3, -0.25) is 0 Å². The van der Waals surface area contributed by atoms with Crippen molar-refractivity contribution < 1.29 is 0 Å². The maximum atomic E-state index is 6.32. The van der Waals surface area contributed by atoms with Crippen LogP contribution in [-0.4, -0.2) is 6.04 Å². The van der Waals surface area contributed by atoms with Crippen molar-refractivity contribution in [2.24, 2.45) is 5.41 Å². The second-order valence-corrected chi connectivity index (χ2v) is 7.52. The van der Waals surface area contributed by atoms with Crippen LogP contribution in [0.4, 0.5) is 5.69 Å². The van der Waals surface area contributed by atoms with E-state index in [9.17, 15) is 0 Å². The first kappa shape index (κ1) is 14.5. The van der Waals surface area contributed by atoms with Gasteiger partial charge in [-0.25, -0.2) is 0 Å². The van der Waals surface area contributed by atoms with Gasteiger partial charge in [0.2, 0.25) is 0 Å². The van der Waals surface area contributed by atoms with E-state index in [1.165, 1.54) is 51.4 Å². The molecule has 1 spiro atoms. The first-order valence-corrected chi connectivity index (χ1v) is 8.56. The Morgan fingerprint density at radius 1 is 1.00 bits per heavy atom. The summed E-state index contributed by atoms with van der Waals surface area (Å²) in [6.07, 6.45) is 11.1. The Kier molecular flexibility index (Phi) is 4.19. The molecular formula is C17H23Cl2N. The molecule has 110 valence electrons. The first-order valence-electron chi connectivity index (χ1n) is 7.80. The highest BCUT2D eigenvalue weighted by molar-refractivity contribution is 6.35. The van der Waals surface area contributed by atoms with Crippen LogP contribution in [0.5, 0.6) is 0 Å². The minimum absolute atomic E-state index is 0.553. The molecule has 0 saturated heterocycles. The van der Waals surface area contributed by atoms with Crippen LogP contribution >= 0.6 is 23.2 Å². The van der Waals surface area contributed by atoms with Crippen LogP contribution < -0.4 is 5.32 Å². The molecule has 2 aliphatic rings. The number of rotatable bonds is 2. The Bertz CT molecular complexity index is 482. The van der Waals surface area contributed by atoms with E-state index in [0.717, 1.165) is 21.3 Å². The van der Waals surface area contributed by atoms with Gasteiger partial charge in [-0.1, -0.05) is 36.0 Å². The normalized spacial score (nSPS) is 22.4. The number of nitrogens with one attached hydrogen (secondary N) is 1. The summed E-state index contributed by atoms with van der Waals surface area (Å²) < 4.78 is 0. The van der Waals surface area contributed by atoms with Gasteiger partial charge >= 0.3 is 0 Å². The average molecular weight is 312 g/mol. The average Bonchev–Trinajstić information content (AvgIpc) is 2.87. The van der Waals surface area contributed by atoms with Crippen molar-refractivity contribution in [1.29, 1.82) is 0 Å². The van der Waals surface area contributed by atoms with Crippen LogP contribution in [0.2, 0.25) is 10.0 Å². The number of hydrogen-bond acceptors (Lipinski definition) is 1. The standard InChI is InChI=1S/C17H23Cl2N/c1-12-10-15(19)16(11-14(12)18)20-13-4-8-17(9-5-13)6-2-3-7-17/h10-11,13,20H,2-9H2,1H3. The number of aryl methyl sites for hydroxylation is 1. The lowest BCUT2D eigenvalue weighted by Gasteiger charge is -2.38. The van der Waals surface area contributed by atoms with E-state index in [1.54, 1.807) is 0 Å². The maximum Gasteiger partial charge on any atom is 0.0641 e. The minimum atomic E-state index is 0.553. The molecule has 0 bridgehead atoms. The molecule has 1 aromatic carbocycles. The molecule has 2 aliphatic carbocycles. The molecule has 0 radical (unpaired) electrons. The third-order valence-corrected chi connectivity index (χ3v) is 6.04. The van der Waals surface area contributed by atoms with Gasteiger partial charge in [0.25, 0.3) is 0 Å². The van der Waals surface area contributed by atoms with Crippen LogP contribution in [0.15, 0.2) is 12.1 Å². The molecule has 0 atom stereocenters. The highest BCUT2D eigenvalue weighted by atomic mass is 35.5. The zero-order valence-electron chi connectivity index (χ0n) is 12.1. The van der Waals surface area contributed by atoms with Crippen molar-refractivity contribution in [1.82, 2.24) is 0 Å².